The van der Waals surface area contributed by atoms with Crippen LogP contribution >= 0.6 is 0 Å². The Morgan fingerprint density at radius 3 is 2.88 bits per heavy atom. The molecule has 0 saturated carbocycles. The fourth-order valence-electron chi connectivity index (χ4n) is 1.96. The van der Waals surface area contributed by atoms with E-state index in [4.69, 9.17) is 5.73 Å². The molecule has 2 rings (SSSR count). The van der Waals surface area contributed by atoms with E-state index in [0.29, 0.717) is 0 Å². The number of aromatic nitrogens is 3. The molecule has 2 aromatic rings. The van der Waals surface area contributed by atoms with E-state index in [1.807, 2.05) is 12.4 Å². The minimum Gasteiger partial charge on any atom is -0.346 e. The molecule has 92 valence electrons. The second kappa shape index (κ2) is 5.19. The fourth-order valence-corrected chi connectivity index (χ4v) is 1.96. The van der Waals surface area contributed by atoms with Crippen LogP contribution in [0.3, 0.4) is 0 Å². The van der Waals surface area contributed by atoms with E-state index in [0.717, 1.165) is 25.3 Å². The van der Waals surface area contributed by atoms with Crippen LogP contribution in [-0.4, -0.2) is 14.1 Å². The second-order valence-corrected chi connectivity index (χ2v) is 4.26. The maximum absolute atomic E-state index is 6.00. The highest BCUT2D eigenvalue weighted by molar-refractivity contribution is 5.15. The van der Waals surface area contributed by atoms with Crippen molar-refractivity contribution in [2.24, 2.45) is 5.73 Å². The zero-order chi connectivity index (χ0) is 12.3. The minimum atomic E-state index is 0.141. The van der Waals surface area contributed by atoms with Gasteiger partial charge in [0.2, 0.25) is 0 Å². The lowest BCUT2D eigenvalue weighted by atomic mass is 10.1. The maximum atomic E-state index is 6.00. The summed E-state index contributed by atoms with van der Waals surface area (Å²) in [6, 6.07) is 2.23. The molecule has 4 heteroatoms. The van der Waals surface area contributed by atoms with Crippen molar-refractivity contribution in [1.82, 2.24) is 14.1 Å². The zero-order valence-electron chi connectivity index (χ0n) is 10.5. The van der Waals surface area contributed by atoms with E-state index < -0.39 is 0 Å². The van der Waals surface area contributed by atoms with Crippen LogP contribution in [0.2, 0.25) is 0 Å². The van der Waals surface area contributed by atoms with Crippen molar-refractivity contribution in [3.05, 3.63) is 42.2 Å². The van der Waals surface area contributed by atoms with Crippen LogP contribution in [0.15, 0.2) is 30.9 Å². The smallest absolute Gasteiger partial charge is 0.128 e. The molecule has 0 amide bonds. The van der Waals surface area contributed by atoms with Gasteiger partial charge in [-0.05, 0) is 25.0 Å². The molecule has 0 aliphatic heterocycles. The van der Waals surface area contributed by atoms with Gasteiger partial charge in [-0.2, -0.15) is 0 Å². The Kier molecular flexibility index (Phi) is 3.64. The zero-order valence-corrected chi connectivity index (χ0v) is 10.5. The Morgan fingerprint density at radius 1 is 1.35 bits per heavy atom. The number of hydrogen-bond acceptors (Lipinski definition) is 2. The molecule has 0 aliphatic rings. The summed E-state index contributed by atoms with van der Waals surface area (Å²) in [4.78, 5) is 4.37. The Bertz CT molecular complexity index is 469. The lowest BCUT2D eigenvalue weighted by Crippen LogP contribution is -2.08. The Balaban J connectivity index is 2.11. The van der Waals surface area contributed by atoms with Crippen LogP contribution < -0.4 is 5.73 Å². The highest BCUT2D eigenvalue weighted by Gasteiger charge is 2.06. The molecule has 0 saturated heterocycles. The van der Waals surface area contributed by atoms with Crippen molar-refractivity contribution in [2.75, 3.05) is 0 Å². The van der Waals surface area contributed by atoms with Gasteiger partial charge in [0.1, 0.15) is 5.82 Å². The first kappa shape index (κ1) is 11.9. The molecule has 0 fully saturated rings. The third-order valence-electron chi connectivity index (χ3n) is 3.11. The van der Waals surface area contributed by atoms with Gasteiger partial charge in [0.05, 0.1) is 6.54 Å². The SMILES string of the molecule is CCC(N)c1ccn(Cc2nccn2CC)c1. The molecule has 2 aromatic heterocycles. The van der Waals surface area contributed by atoms with Crippen LogP contribution in [0.25, 0.3) is 0 Å². The van der Waals surface area contributed by atoms with Gasteiger partial charge >= 0.3 is 0 Å². The molecular formula is C13H20N4. The van der Waals surface area contributed by atoms with Crippen LogP contribution in [0.5, 0.6) is 0 Å². The molecule has 0 radical (unpaired) electrons. The lowest BCUT2D eigenvalue weighted by Gasteiger charge is -2.07. The third kappa shape index (κ3) is 2.58. The molecule has 0 bridgehead atoms. The van der Waals surface area contributed by atoms with E-state index in [-0.39, 0.29) is 6.04 Å². The first-order chi connectivity index (χ1) is 8.24. The monoisotopic (exact) mass is 232 g/mol. The van der Waals surface area contributed by atoms with Crippen molar-refractivity contribution >= 4 is 0 Å². The summed E-state index contributed by atoms with van der Waals surface area (Å²) in [7, 11) is 0. The Morgan fingerprint density at radius 2 is 2.18 bits per heavy atom. The minimum absolute atomic E-state index is 0.141. The standard InChI is InChI=1S/C13H20N4/c1-3-12(14)11-5-7-16(9-11)10-13-15-6-8-17(13)4-2/h5-9,12H,3-4,10,14H2,1-2H3. The van der Waals surface area contributed by atoms with E-state index >= 15 is 0 Å². The average molecular weight is 232 g/mol. The van der Waals surface area contributed by atoms with E-state index in [9.17, 15) is 0 Å². The molecule has 0 spiro atoms. The maximum Gasteiger partial charge on any atom is 0.128 e. The fraction of sp³-hybridized carbons (Fsp3) is 0.462. The van der Waals surface area contributed by atoms with Crippen LogP contribution in [0, 0.1) is 0 Å². The summed E-state index contributed by atoms with van der Waals surface area (Å²) in [5.41, 5.74) is 7.20. The first-order valence-electron chi connectivity index (χ1n) is 6.15. The highest BCUT2D eigenvalue weighted by Crippen LogP contribution is 2.14. The topological polar surface area (TPSA) is 48.8 Å². The van der Waals surface area contributed by atoms with Crippen molar-refractivity contribution < 1.29 is 0 Å². The number of imidazole rings is 1. The largest absolute Gasteiger partial charge is 0.346 e. The van der Waals surface area contributed by atoms with Crippen molar-refractivity contribution in [3.63, 3.8) is 0 Å². The van der Waals surface area contributed by atoms with Gasteiger partial charge in [-0.3, -0.25) is 0 Å². The summed E-state index contributed by atoms with van der Waals surface area (Å²) in [5.74, 6) is 1.08. The van der Waals surface area contributed by atoms with Crippen LogP contribution in [0.1, 0.15) is 37.7 Å². The quantitative estimate of drug-likeness (QED) is 0.858. The predicted molar refractivity (Wildman–Crippen MR) is 68.7 cm³/mol. The van der Waals surface area contributed by atoms with Gasteiger partial charge < -0.3 is 14.9 Å². The van der Waals surface area contributed by atoms with Gasteiger partial charge in [-0.1, -0.05) is 6.92 Å². The van der Waals surface area contributed by atoms with Gasteiger partial charge in [0.15, 0.2) is 0 Å². The lowest BCUT2D eigenvalue weighted by molar-refractivity contribution is 0.647. The van der Waals surface area contributed by atoms with Crippen molar-refractivity contribution in [3.8, 4) is 0 Å². The highest BCUT2D eigenvalue weighted by atomic mass is 15.1. The number of nitrogens with zero attached hydrogens (tertiary/aromatic N) is 3. The normalized spacial score (nSPS) is 12.9. The van der Waals surface area contributed by atoms with Gasteiger partial charge in [-0.15, -0.1) is 0 Å². The molecular weight excluding hydrogens is 212 g/mol. The summed E-state index contributed by atoms with van der Waals surface area (Å²) < 4.78 is 4.29. The summed E-state index contributed by atoms with van der Waals surface area (Å²) in [6.07, 6.45) is 9.01. The molecule has 2 heterocycles. The molecule has 1 unspecified atom stereocenters. The summed E-state index contributed by atoms with van der Waals surface area (Å²) in [5, 5.41) is 0. The van der Waals surface area contributed by atoms with E-state index in [2.05, 4.69) is 46.4 Å². The summed E-state index contributed by atoms with van der Waals surface area (Å²) >= 11 is 0. The average Bonchev–Trinajstić information content (AvgIpc) is 2.97. The third-order valence-corrected chi connectivity index (χ3v) is 3.11. The molecule has 2 N–H and O–H groups in total. The second-order valence-electron chi connectivity index (χ2n) is 4.26. The van der Waals surface area contributed by atoms with Crippen LogP contribution in [0.4, 0.5) is 0 Å². The predicted octanol–water partition coefficient (Wildman–Crippen LogP) is 2.16. The van der Waals surface area contributed by atoms with Crippen molar-refractivity contribution in [2.45, 2.75) is 39.4 Å². The van der Waals surface area contributed by atoms with Crippen molar-refractivity contribution in [1.29, 1.82) is 0 Å². The van der Waals surface area contributed by atoms with E-state index in [1.54, 1.807) is 0 Å². The van der Waals surface area contributed by atoms with Gasteiger partial charge in [-0.25, -0.2) is 4.98 Å². The summed E-state index contributed by atoms with van der Waals surface area (Å²) in [6.45, 7) is 5.99. The molecule has 0 aliphatic carbocycles. The number of rotatable bonds is 5. The van der Waals surface area contributed by atoms with E-state index in [1.165, 1.54) is 5.56 Å². The number of hydrogen-bond donors (Lipinski definition) is 1. The molecule has 0 aromatic carbocycles. The Labute approximate surface area is 102 Å². The Hall–Kier alpha value is -1.55. The van der Waals surface area contributed by atoms with Gasteiger partial charge in [0.25, 0.3) is 0 Å². The number of nitrogens with two attached hydrogens (primary N) is 1. The molecule has 1 atom stereocenters. The number of aryl methyl sites for hydroxylation is 1. The van der Waals surface area contributed by atoms with Crippen LogP contribution in [-0.2, 0) is 13.1 Å². The molecule has 4 nitrogen and oxygen atoms in total. The first-order valence-corrected chi connectivity index (χ1v) is 6.15. The van der Waals surface area contributed by atoms with Gasteiger partial charge in [0, 0.05) is 37.4 Å². The molecule has 17 heavy (non-hydrogen) atoms.